The molecule has 0 aliphatic heterocycles. The van der Waals surface area contributed by atoms with Crippen molar-refractivity contribution in [2.24, 2.45) is 10.8 Å². The van der Waals surface area contributed by atoms with Crippen LogP contribution in [0.3, 0.4) is 0 Å². The molecule has 0 spiro atoms. The van der Waals surface area contributed by atoms with E-state index in [0.29, 0.717) is 11.9 Å². The van der Waals surface area contributed by atoms with E-state index in [2.05, 4.69) is 20.4 Å². The molecular weight excluding hydrogens is 214 g/mol. The summed E-state index contributed by atoms with van der Waals surface area (Å²) in [5.41, 5.74) is 3.50. The standard InChI is InChI=1S/C12H19N5/c13-17-12(10-7-14-9-15-8-10)16-11-5-3-1-2-4-6-11/h7-9,11H,1-6,13H2,(H,16,17). The molecule has 0 unspecified atom stereocenters. The van der Waals surface area contributed by atoms with Crippen LogP contribution in [0.1, 0.15) is 44.1 Å². The molecule has 1 fully saturated rings. The Labute approximate surface area is 102 Å². The molecule has 5 nitrogen and oxygen atoms in total. The topological polar surface area (TPSA) is 76.2 Å². The van der Waals surface area contributed by atoms with Crippen LogP contribution in [0, 0.1) is 0 Å². The average Bonchev–Trinajstić information content (AvgIpc) is 2.65. The van der Waals surface area contributed by atoms with Gasteiger partial charge in [-0.25, -0.2) is 15.8 Å². The quantitative estimate of drug-likeness (QED) is 0.266. The number of aliphatic imine (C=N–C) groups is 1. The summed E-state index contributed by atoms with van der Waals surface area (Å²) < 4.78 is 0. The number of nitrogens with one attached hydrogen (secondary N) is 1. The second-order valence-corrected chi connectivity index (χ2v) is 4.39. The summed E-state index contributed by atoms with van der Waals surface area (Å²) >= 11 is 0. The number of nitrogens with zero attached hydrogens (tertiary/aromatic N) is 3. The van der Waals surface area contributed by atoms with Gasteiger partial charge in [0.15, 0.2) is 0 Å². The first kappa shape index (κ1) is 12.0. The zero-order valence-electron chi connectivity index (χ0n) is 9.97. The Balaban J connectivity index is 2.11. The van der Waals surface area contributed by atoms with Gasteiger partial charge in [0.05, 0.1) is 11.6 Å². The predicted molar refractivity (Wildman–Crippen MR) is 67.4 cm³/mol. The van der Waals surface area contributed by atoms with Gasteiger partial charge in [0, 0.05) is 12.4 Å². The number of hydrogen-bond acceptors (Lipinski definition) is 4. The molecule has 0 bridgehead atoms. The van der Waals surface area contributed by atoms with Crippen LogP contribution in [-0.2, 0) is 0 Å². The summed E-state index contributed by atoms with van der Waals surface area (Å²) in [7, 11) is 0. The zero-order chi connectivity index (χ0) is 11.9. The van der Waals surface area contributed by atoms with Gasteiger partial charge in [-0.2, -0.15) is 0 Å². The third kappa shape index (κ3) is 3.49. The SMILES string of the molecule is NNC(=NC1CCCCCC1)c1cncnc1. The number of rotatable bonds is 2. The van der Waals surface area contributed by atoms with Crippen molar-refractivity contribution in [1.29, 1.82) is 0 Å². The summed E-state index contributed by atoms with van der Waals surface area (Å²) in [4.78, 5) is 12.6. The number of hydrogen-bond donors (Lipinski definition) is 2. The lowest BCUT2D eigenvalue weighted by Gasteiger charge is -2.12. The van der Waals surface area contributed by atoms with E-state index < -0.39 is 0 Å². The Morgan fingerprint density at radius 3 is 2.41 bits per heavy atom. The Bertz CT molecular complexity index is 354. The number of aromatic nitrogens is 2. The van der Waals surface area contributed by atoms with Crippen LogP contribution >= 0.6 is 0 Å². The van der Waals surface area contributed by atoms with Gasteiger partial charge in [-0.3, -0.25) is 4.99 Å². The van der Waals surface area contributed by atoms with Crippen LogP contribution < -0.4 is 11.3 Å². The normalized spacial score (nSPS) is 18.8. The molecule has 1 aromatic heterocycles. The summed E-state index contributed by atoms with van der Waals surface area (Å²) in [6.07, 6.45) is 12.4. The molecule has 2 rings (SSSR count). The number of nitrogens with two attached hydrogens (primary N) is 1. The third-order valence-electron chi connectivity index (χ3n) is 3.11. The van der Waals surface area contributed by atoms with Gasteiger partial charge in [0.2, 0.25) is 0 Å². The highest BCUT2D eigenvalue weighted by Crippen LogP contribution is 2.20. The van der Waals surface area contributed by atoms with E-state index >= 15 is 0 Å². The average molecular weight is 233 g/mol. The minimum Gasteiger partial charge on any atom is -0.308 e. The molecule has 0 saturated heterocycles. The van der Waals surface area contributed by atoms with Gasteiger partial charge >= 0.3 is 0 Å². The maximum absolute atomic E-state index is 5.52. The van der Waals surface area contributed by atoms with E-state index in [9.17, 15) is 0 Å². The molecule has 1 aliphatic rings. The molecule has 3 N–H and O–H groups in total. The lowest BCUT2D eigenvalue weighted by molar-refractivity contribution is 0.583. The highest BCUT2D eigenvalue weighted by atomic mass is 15.3. The number of amidine groups is 1. The number of hydrazine groups is 1. The Morgan fingerprint density at radius 1 is 1.18 bits per heavy atom. The summed E-state index contributed by atoms with van der Waals surface area (Å²) in [5, 5.41) is 0. The van der Waals surface area contributed by atoms with E-state index in [4.69, 9.17) is 5.84 Å². The fourth-order valence-corrected chi connectivity index (χ4v) is 2.19. The fourth-order valence-electron chi connectivity index (χ4n) is 2.19. The smallest absolute Gasteiger partial charge is 0.145 e. The highest BCUT2D eigenvalue weighted by molar-refractivity contribution is 5.97. The second-order valence-electron chi connectivity index (χ2n) is 4.39. The zero-order valence-corrected chi connectivity index (χ0v) is 9.97. The molecule has 0 radical (unpaired) electrons. The fraction of sp³-hybridized carbons (Fsp3) is 0.583. The predicted octanol–water partition coefficient (Wildman–Crippen LogP) is 1.41. The lowest BCUT2D eigenvalue weighted by atomic mass is 10.1. The monoisotopic (exact) mass is 233 g/mol. The van der Waals surface area contributed by atoms with Gasteiger partial charge in [-0.05, 0) is 12.8 Å². The van der Waals surface area contributed by atoms with Crippen molar-refractivity contribution in [1.82, 2.24) is 15.4 Å². The first-order valence-electron chi connectivity index (χ1n) is 6.20. The van der Waals surface area contributed by atoms with Crippen LogP contribution in [0.4, 0.5) is 0 Å². The van der Waals surface area contributed by atoms with Gasteiger partial charge in [-0.15, -0.1) is 0 Å². The van der Waals surface area contributed by atoms with E-state index in [0.717, 1.165) is 18.4 Å². The van der Waals surface area contributed by atoms with Crippen LogP contribution in [-0.4, -0.2) is 21.8 Å². The summed E-state index contributed by atoms with van der Waals surface area (Å²) in [5.74, 6) is 6.22. The highest BCUT2D eigenvalue weighted by Gasteiger charge is 2.12. The van der Waals surface area contributed by atoms with E-state index in [-0.39, 0.29) is 0 Å². The van der Waals surface area contributed by atoms with Crippen molar-refractivity contribution in [2.45, 2.75) is 44.6 Å². The summed E-state index contributed by atoms with van der Waals surface area (Å²) in [6, 6.07) is 0.378. The molecule has 0 aromatic carbocycles. The minimum absolute atomic E-state index is 0.378. The second kappa shape index (κ2) is 6.30. The Kier molecular flexibility index (Phi) is 4.44. The molecule has 92 valence electrons. The minimum atomic E-state index is 0.378. The molecule has 1 aromatic rings. The first-order chi connectivity index (χ1) is 8.40. The van der Waals surface area contributed by atoms with Crippen molar-refractivity contribution in [2.75, 3.05) is 0 Å². The summed E-state index contributed by atoms with van der Waals surface area (Å²) in [6.45, 7) is 0. The molecule has 17 heavy (non-hydrogen) atoms. The van der Waals surface area contributed by atoms with E-state index in [1.165, 1.54) is 32.0 Å². The van der Waals surface area contributed by atoms with Gasteiger partial charge in [-0.1, -0.05) is 25.7 Å². The van der Waals surface area contributed by atoms with Crippen molar-refractivity contribution < 1.29 is 0 Å². The molecule has 5 heteroatoms. The largest absolute Gasteiger partial charge is 0.308 e. The maximum atomic E-state index is 5.52. The van der Waals surface area contributed by atoms with E-state index in [1.54, 1.807) is 12.4 Å². The van der Waals surface area contributed by atoms with Crippen LogP contribution in [0.5, 0.6) is 0 Å². The molecule has 0 amide bonds. The van der Waals surface area contributed by atoms with E-state index in [1.807, 2.05) is 0 Å². The van der Waals surface area contributed by atoms with Crippen molar-refractivity contribution in [3.63, 3.8) is 0 Å². The Hall–Kier alpha value is -1.49. The lowest BCUT2D eigenvalue weighted by Crippen LogP contribution is -2.32. The van der Waals surface area contributed by atoms with Crippen LogP contribution in [0.2, 0.25) is 0 Å². The van der Waals surface area contributed by atoms with Crippen molar-refractivity contribution >= 4 is 5.84 Å². The van der Waals surface area contributed by atoms with Gasteiger partial charge < -0.3 is 5.43 Å². The van der Waals surface area contributed by atoms with Gasteiger partial charge in [0.1, 0.15) is 12.2 Å². The molecular formula is C12H19N5. The van der Waals surface area contributed by atoms with Crippen molar-refractivity contribution in [3.8, 4) is 0 Å². The first-order valence-corrected chi connectivity index (χ1v) is 6.20. The molecule has 1 saturated carbocycles. The van der Waals surface area contributed by atoms with Crippen LogP contribution in [0.25, 0.3) is 0 Å². The molecule has 1 aliphatic carbocycles. The third-order valence-corrected chi connectivity index (χ3v) is 3.11. The Morgan fingerprint density at radius 2 is 1.82 bits per heavy atom. The maximum Gasteiger partial charge on any atom is 0.145 e. The molecule has 0 atom stereocenters. The van der Waals surface area contributed by atoms with Gasteiger partial charge in [0.25, 0.3) is 0 Å². The van der Waals surface area contributed by atoms with Crippen molar-refractivity contribution in [3.05, 3.63) is 24.3 Å². The van der Waals surface area contributed by atoms with Crippen LogP contribution in [0.15, 0.2) is 23.7 Å². The molecule has 1 heterocycles.